The number of carbonyl (C=O) groups excluding carboxylic acids is 1. The minimum atomic E-state index is -0.465. The fraction of sp³-hybridized carbons (Fsp3) is 0.636. The van der Waals surface area contributed by atoms with Crippen molar-refractivity contribution in [1.82, 2.24) is 9.78 Å². The molecule has 4 nitrogen and oxygen atoms in total. The highest BCUT2D eigenvalue weighted by Gasteiger charge is 2.20. The molecule has 4 heteroatoms. The second-order valence-corrected chi connectivity index (χ2v) is 4.50. The monoisotopic (exact) mass is 210 g/mol. The molecule has 0 aliphatic heterocycles. The molecule has 0 amide bonds. The zero-order valence-corrected chi connectivity index (χ0v) is 10.00. The van der Waals surface area contributed by atoms with Crippen molar-refractivity contribution >= 4 is 5.97 Å². The first-order valence-electron chi connectivity index (χ1n) is 5.09. The van der Waals surface area contributed by atoms with Gasteiger partial charge in [-0.3, -0.25) is 4.68 Å². The van der Waals surface area contributed by atoms with Gasteiger partial charge in [0.1, 0.15) is 11.3 Å². The molecule has 1 rings (SSSR count). The molecule has 0 saturated heterocycles. The third-order valence-electron chi connectivity index (χ3n) is 1.90. The van der Waals surface area contributed by atoms with E-state index in [0.29, 0.717) is 5.69 Å². The average Bonchev–Trinajstić information content (AvgIpc) is 2.43. The number of carbonyl (C=O) groups is 1. The Kier molecular flexibility index (Phi) is 3.17. The van der Waals surface area contributed by atoms with Crippen LogP contribution in [0.4, 0.5) is 0 Å². The van der Waals surface area contributed by atoms with Gasteiger partial charge in [0.05, 0.1) is 5.69 Å². The SMILES string of the molecule is CCc1cc(C(=O)OC(C)(C)C)n(C)n1. The Labute approximate surface area is 90.2 Å². The molecular formula is C11H18N2O2. The number of aromatic nitrogens is 2. The Morgan fingerprint density at radius 2 is 2.13 bits per heavy atom. The van der Waals surface area contributed by atoms with Gasteiger partial charge in [-0.25, -0.2) is 4.79 Å². The third-order valence-corrected chi connectivity index (χ3v) is 1.90. The minimum Gasteiger partial charge on any atom is -0.455 e. The van der Waals surface area contributed by atoms with Crippen molar-refractivity contribution in [3.05, 3.63) is 17.5 Å². The molecular weight excluding hydrogens is 192 g/mol. The molecule has 0 aliphatic carbocycles. The molecule has 0 aromatic carbocycles. The first-order valence-corrected chi connectivity index (χ1v) is 5.09. The average molecular weight is 210 g/mol. The molecule has 84 valence electrons. The van der Waals surface area contributed by atoms with E-state index in [0.717, 1.165) is 12.1 Å². The molecule has 0 bridgehead atoms. The van der Waals surface area contributed by atoms with Crippen molar-refractivity contribution in [1.29, 1.82) is 0 Å². The zero-order valence-electron chi connectivity index (χ0n) is 10.00. The third kappa shape index (κ3) is 3.08. The van der Waals surface area contributed by atoms with Crippen LogP contribution >= 0.6 is 0 Å². The van der Waals surface area contributed by atoms with Gasteiger partial charge in [0.15, 0.2) is 0 Å². The van der Waals surface area contributed by atoms with E-state index in [9.17, 15) is 4.79 Å². The quantitative estimate of drug-likeness (QED) is 0.701. The van der Waals surface area contributed by atoms with Crippen molar-refractivity contribution in [2.45, 2.75) is 39.7 Å². The summed E-state index contributed by atoms with van der Waals surface area (Å²) in [7, 11) is 1.75. The summed E-state index contributed by atoms with van der Waals surface area (Å²) < 4.78 is 6.83. The summed E-state index contributed by atoms with van der Waals surface area (Å²) in [5, 5.41) is 4.20. The van der Waals surface area contributed by atoms with E-state index in [4.69, 9.17) is 4.74 Å². The maximum absolute atomic E-state index is 11.7. The number of hydrogen-bond acceptors (Lipinski definition) is 3. The number of ether oxygens (including phenoxy) is 1. The van der Waals surface area contributed by atoms with Crippen LogP contribution in [0.1, 0.15) is 43.9 Å². The Morgan fingerprint density at radius 3 is 2.53 bits per heavy atom. The molecule has 1 aromatic rings. The van der Waals surface area contributed by atoms with Gasteiger partial charge in [-0.05, 0) is 33.3 Å². The Balaban J connectivity index is 2.87. The van der Waals surface area contributed by atoms with Crippen molar-refractivity contribution in [2.75, 3.05) is 0 Å². The van der Waals surface area contributed by atoms with Crippen LogP contribution in [0, 0.1) is 0 Å². The van der Waals surface area contributed by atoms with Gasteiger partial charge in [0.2, 0.25) is 0 Å². The number of nitrogens with zero attached hydrogens (tertiary/aromatic N) is 2. The molecule has 15 heavy (non-hydrogen) atoms. The molecule has 0 saturated carbocycles. The standard InChI is InChI=1S/C11H18N2O2/c1-6-8-7-9(13(5)12-8)10(14)15-11(2,3)4/h7H,6H2,1-5H3. The lowest BCUT2D eigenvalue weighted by molar-refractivity contribution is 0.00576. The van der Waals surface area contributed by atoms with E-state index in [2.05, 4.69) is 5.10 Å². The number of aryl methyl sites for hydroxylation is 2. The highest BCUT2D eigenvalue weighted by atomic mass is 16.6. The first-order chi connectivity index (χ1) is 6.83. The molecule has 0 atom stereocenters. The number of hydrogen-bond donors (Lipinski definition) is 0. The van der Waals surface area contributed by atoms with Gasteiger partial charge in [-0.2, -0.15) is 5.10 Å². The van der Waals surface area contributed by atoms with Crippen LogP contribution in [0.2, 0.25) is 0 Å². The predicted octanol–water partition coefficient (Wildman–Crippen LogP) is 1.94. The molecule has 0 N–H and O–H groups in total. The van der Waals surface area contributed by atoms with E-state index in [-0.39, 0.29) is 5.97 Å². The Morgan fingerprint density at radius 1 is 1.53 bits per heavy atom. The fourth-order valence-corrected chi connectivity index (χ4v) is 1.22. The van der Waals surface area contributed by atoms with Crippen LogP contribution in [0.15, 0.2) is 6.07 Å². The molecule has 0 fully saturated rings. The first kappa shape index (κ1) is 11.8. The van der Waals surface area contributed by atoms with Crippen molar-refractivity contribution in [3.63, 3.8) is 0 Å². The van der Waals surface area contributed by atoms with Crippen LogP contribution in [-0.4, -0.2) is 21.4 Å². The summed E-state index contributed by atoms with van der Waals surface area (Å²) in [6.07, 6.45) is 0.816. The van der Waals surface area contributed by atoms with Crippen LogP contribution < -0.4 is 0 Å². The molecule has 0 radical (unpaired) electrons. The Bertz CT molecular complexity index is 361. The molecule has 0 aliphatic rings. The van der Waals surface area contributed by atoms with E-state index in [1.54, 1.807) is 17.8 Å². The van der Waals surface area contributed by atoms with E-state index in [1.165, 1.54) is 0 Å². The van der Waals surface area contributed by atoms with Crippen LogP contribution in [0.25, 0.3) is 0 Å². The topological polar surface area (TPSA) is 44.1 Å². The van der Waals surface area contributed by atoms with Crippen molar-refractivity contribution in [2.24, 2.45) is 7.05 Å². The van der Waals surface area contributed by atoms with E-state index >= 15 is 0 Å². The smallest absolute Gasteiger partial charge is 0.357 e. The summed E-state index contributed by atoms with van der Waals surface area (Å²) in [5.41, 5.74) is 0.938. The summed E-state index contributed by atoms with van der Waals surface area (Å²) in [5.74, 6) is -0.322. The van der Waals surface area contributed by atoms with Crippen LogP contribution in [0.5, 0.6) is 0 Å². The molecule has 1 heterocycles. The summed E-state index contributed by atoms with van der Waals surface area (Å²) in [6.45, 7) is 7.55. The summed E-state index contributed by atoms with van der Waals surface area (Å²) in [4.78, 5) is 11.7. The van der Waals surface area contributed by atoms with E-state index in [1.807, 2.05) is 27.7 Å². The maximum atomic E-state index is 11.7. The lowest BCUT2D eigenvalue weighted by Crippen LogP contribution is -2.25. The van der Waals surface area contributed by atoms with Gasteiger partial charge >= 0.3 is 5.97 Å². The second-order valence-electron chi connectivity index (χ2n) is 4.50. The number of esters is 1. The number of rotatable bonds is 2. The van der Waals surface area contributed by atoms with Gasteiger partial charge in [-0.1, -0.05) is 6.92 Å². The van der Waals surface area contributed by atoms with E-state index < -0.39 is 5.60 Å². The second kappa shape index (κ2) is 4.04. The van der Waals surface area contributed by atoms with Gasteiger partial charge in [0, 0.05) is 7.05 Å². The van der Waals surface area contributed by atoms with Crippen molar-refractivity contribution < 1.29 is 9.53 Å². The zero-order chi connectivity index (χ0) is 11.6. The Hall–Kier alpha value is -1.32. The fourth-order valence-electron chi connectivity index (χ4n) is 1.22. The maximum Gasteiger partial charge on any atom is 0.357 e. The lowest BCUT2D eigenvalue weighted by atomic mass is 10.2. The highest BCUT2D eigenvalue weighted by molar-refractivity contribution is 5.87. The minimum absolute atomic E-state index is 0.322. The molecule has 0 spiro atoms. The lowest BCUT2D eigenvalue weighted by Gasteiger charge is -2.19. The highest BCUT2D eigenvalue weighted by Crippen LogP contribution is 2.12. The van der Waals surface area contributed by atoms with Crippen molar-refractivity contribution in [3.8, 4) is 0 Å². The van der Waals surface area contributed by atoms with Gasteiger partial charge in [0.25, 0.3) is 0 Å². The van der Waals surface area contributed by atoms with Crippen LogP contribution in [0.3, 0.4) is 0 Å². The van der Waals surface area contributed by atoms with Gasteiger partial charge in [-0.15, -0.1) is 0 Å². The van der Waals surface area contributed by atoms with Crippen LogP contribution in [-0.2, 0) is 18.2 Å². The summed E-state index contributed by atoms with van der Waals surface area (Å²) in [6, 6.07) is 1.77. The molecule has 0 unspecified atom stereocenters. The van der Waals surface area contributed by atoms with Gasteiger partial charge < -0.3 is 4.74 Å². The molecule has 1 aromatic heterocycles. The largest absolute Gasteiger partial charge is 0.455 e. The normalized spacial score (nSPS) is 11.5. The predicted molar refractivity (Wildman–Crippen MR) is 57.8 cm³/mol. The summed E-state index contributed by atoms with van der Waals surface area (Å²) >= 11 is 0.